The maximum Gasteiger partial charge on any atom is 0.263 e. The third kappa shape index (κ3) is 4.11. The molecule has 4 nitrogen and oxygen atoms in total. The fraction of sp³-hybridized carbons (Fsp3) is 0.300. The van der Waals surface area contributed by atoms with Crippen LogP contribution in [0.15, 0.2) is 71.8 Å². The van der Waals surface area contributed by atoms with Crippen LogP contribution in [0.1, 0.15) is 30.6 Å². The zero-order valence-corrected chi connectivity index (χ0v) is 15.3. The second-order valence-corrected chi connectivity index (χ2v) is 8.19. The van der Waals surface area contributed by atoms with Gasteiger partial charge in [0.15, 0.2) is 0 Å². The lowest BCUT2D eigenvalue weighted by Gasteiger charge is -2.28. The molecule has 0 radical (unpaired) electrons. The average Bonchev–Trinajstić information content (AvgIpc) is 2.59. The lowest BCUT2D eigenvalue weighted by atomic mass is 10.1. The van der Waals surface area contributed by atoms with Gasteiger partial charge in [0.05, 0.1) is 17.1 Å². The normalized spacial score (nSPS) is 22.9. The summed E-state index contributed by atoms with van der Waals surface area (Å²) in [6.45, 7) is 4.24. The molecule has 2 aromatic rings. The summed E-state index contributed by atoms with van der Waals surface area (Å²) in [6.07, 6.45) is 3.73. The van der Waals surface area contributed by atoms with Crippen LogP contribution < -0.4 is 0 Å². The van der Waals surface area contributed by atoms with Gasteiger partial charge in [-0.15, -0.1) is 0 Å². The second-order valence-electron chi connectivity index (χ2n) is 6.30. The van der Waals surface area contributed by atoms with Crippen molar-refractivity contribution in [2.75, 3.05) is 6.54 Å². The van der Waals surface area contributed by atoms with Gasteiger partial charge in [-0.3, -0.25) is 4.31 Å². The number of rotatable bonds is 3. The summed E-state index contributed by atoms with van der Waals surface area (Å²) in [6, 6.07) is 16.9. The Morgan fingerprint density at radius 1 is 1.04 bits per heavy atom. The molecule has 3 rings (SSSR count). The van der Waals surface area contributed by atoms with Crippen molar-refractivity contribution in [2.45, 2.75) is 37.4 Å². The fourth-order valence-corrected chi connectivity index (χ4v) is 4.19. The van der Waals surface area contributed by atoms with Crippen LogP contribution in [0.2, 0.25) is 0 Å². The molecule has 0 N–H and O–H groups in total. The van der Waals surface area contributed by atoms with Crippen molar-refractivity contribution in [3.63, 3.8) is 0 Å². The van der Waals surface area contributed by atoms with Crippen molar-refractivity contribution in [1.82, 2.24) is 4.31 Å². The van der Waals surface area contributed by atoms with E-state index in [1.165, 1.54) is 4.31 Å². The van der Waals surface area contributed by atoms with E-state index in [1.807, 2.05) is 56.3 Å². The van der Waals surface area contributed by atoms with E-state index in [0.29, 0.717) is 17.9 Å². The van der Waals surface area contributed by atoms with Crippen LogP contribution in [-0.2, 0) is 14.8 Å². The van der Waals surface area contributed by atoms with Gasteiger partial charge in [-0.1, -0.05) is 48.0 Å². The summed E-state index contributed by atoms with van der Waals surface area (Å²) in [7, 11) is -3.56. The van der Waals surface area contributed by atoms with Gasteiger partial charge < -0.3 is 4.74 Å². The minimum atomic E-state index is -3.56. The molecule has 1 aliphatic heterocycles. The third-order valence-electron chi connectivity index (χ3n) is 4.31. The maximum atomic E-state index is 12.9. The molecule has 0 amide bonds. The Kier molecular flexibility index (Phi) is 5.25. The maximum absolute atomic E-state index is 12.9. The molecule has 0 spiro atoms. The molecule has 0 saturated carbocycles. The number of hydrogen-bond donors (Lipinski definition) is 0. The first kappa shape index (κ1) is 17.7. The quantitative estimate of drug-likeness (QED) is 0.832. The number of nitrogens with zero attached hydrogens (tertiary/aromatic N) is 1. The molecule has 2 aromatic carbocycles. The van der Waals surface area contributed by atoms with Crippen molar-refractivity contribution in [1.29, 1.82) is 0 Å². The van der Waals surface area contributed by atoms with Gasteiger partial charge >= 0.3 is 0 Å². The Morgan fingerprint density at radius 3 is 2.40 bits per heavy atom. The van der Waals surface area contributed by atoms with Gasteiger partial charge in [0.1, 0.15) is 0 Å². The van der Waals surface area contributed by atoms with Gasteiger partial charge in [0.25, 0.3) is 10.0 Å². The van der Waals surface area contributed by atoms with Gasteiger partial charge in [-0.25, -0.2) is 8.42 Å². The molecule has 0 aromatic heterocycles. The van der Waals surface area contributed by atoms with Gasteiger partial charge in [-0.05, 0) is 44.0 Å². The van der Waals surface area contributed by atoms with E-state index in [9.17, 15) is 8.42 Å². The number of benzene rings is 2. The summed E-state index contributed by atoms with van der Waals surface area (Å²) in [4.78, 5) is 0.313. The first-order chi connectivity index (χ1) is 12.0. The summed E-state index contributed by atoms with van der Waals surface area (Å²) in [5.74, 6) is 0. The van der Waals surface area contributed by atoms with Crippen LogP contribution in [0.25, 0.3) is 0 Å². The third-order valence-corrected chi connectivity index (χ3v) is 6.10. The minimum Gasteiger partial charge on any atom is -0.366 e. The topological polar surface area (TPSA) is 46.6 Å². The lowest BCUT2D eigenvalue weighted by Crippen LogP contribution is -2.31. The van der Waals surface area contributed by atoms with E-state index in [2.05, 4.69) is 0 Å². The molecule has 132 valence electrons. The zero-order chi connectivity index (χ0) is 17.9. The predicted molar refractivity (Wildman–Crippen MR) is 98.6 cm³/mol. The standard InChI is InChI=1S/C20H23NO3S/c1-16-8-10-19(11-9-16)25(22,23)21-14-12-17(2)24-20(13-15-21)18-6-4-3-5-7-18/h3-12,14,17,20H,13,15H2,1-2H3/b14-12-. The van der Waals surface area contributed by atoms with Crippen molar-refractivity contribution < 1.29 is 13.2 Å². The highest BCUT2D eigenvalue weighted by Crippen LogP contribution is 2.27. The van der Waals surface area contributed by atoms with Crippen LogP contribution in [-0.4, -0.2) is 25.4 Å². The molecule has 0 fully saturated rings. The van der Waals surface area contributed by atoms with Crippen molar-refractivity contribution in [2.24, 2.45) is 0 Å². The van der Waals surface area contributed by atoms with Gasteiger partial charge in [0.2, 0.25) is 0 Å². The van der Waals surface area contributed by atoms with E-state index in [4.69, 9.17) is 4.74 Å². The van der Waals surface area contributed by atoms with Crippen LogP contribution >= 0.6 is 0 Å². The summed E-state index contributed by atoms with van der Waals surface area (Å²) in [5.41, 5.74) is 2.10. The Labute approximate surface area is 149 Å². The number of sulfonamides is 1. The van der Waals surface area contributed by atoms with E-state index >= 15 is 0 Å². The Balaban J connectivity index is 1.86. The highest BCUT2D eigenvalue weighted by Gasteiger charge is 2.25. The summed E-state index contributed by atoms with van der Waals surface area (Å²) >= 11 is 0. The molecule has 2 atom stereocenters. The highest BCUT2D eigenvalue weighted by atomic mass is 32.2. The highest BCUT2D eigenvalue weighted by molar-refractivity contribution is 7.89. The molecule has 0 bridgehead atoms. The molecule has 25 heavy (non-hydrogen) atoms. The van der Waals surface area contributed by atoms with E-state index in [0.717, 1.165) is 11.1 Å². The summed E-state index contributed by atoms with van der Waals surface area (Å²) in [5, 5.41) is 0. The van der Waals surface area contributed by atoms with Crippen LogP contribution in [0.4, 0.5) is 0 Å². The molecule has 1 heterocycles. The Morgan fingerprint density at radius 2 is 1.72 bits per heavy atom. The Bertz CT molecular complexity index is 829. The first-order valence-electron chi connectivity index (χ1n) is 8.44. The van der Waals surface area contributed by atoms with Gasteiger partial charge in [0, 0.05) is 12.7 Å². The largest absolute Gasteiger partial charge is 0.366 e. The van der Waals surface area contributed by atoms with Crippen molar-refractivity contribution in [3.05, 3.63) is 78.0 Å². The molecular weight excluding hydrogens is 334 g/mol. The minimum absolute atomic E-state index is 0.128. The monoisotopic (exact) mass is 357 g/mol. The SMILES string of the molecule is Cc1ccc(S(=O)(=O)N2/C=C\C(C)OC(c3ccccc3)CC2)cc1. The fourth-order valence-electron chi connectivity index (χ4n) is 2.87. The van der Waals surface area contributed by atoms with E-state index < -0.39 is 10.0 Å². The van der Waals surface area contributed by atoms with Crippen LogP contribution in [0.5, 0.6) is 0 Å². The molecule has 0 saturated heterocycles. The molecule has 2 unspecified atom stereocenters. The number of aryl methyl sites for hydroxylation is 1. The molecule has 1 aliphatic rings. The molecular formula is C20H23NO3S. The second kappa shape index (κ2) is 7.42. The Hall–Kier alpha value is -2.11. The summed E-state index contributed by atoms with van der Waals surface area (Å²) < 4.78 is 33.4. The van der Waals surface area contributed by atoms with E-state index in [1.54, 1.807) is 24.4 Å². The van der Waals surface area contributed by atoms with E-state index in [-0.39, 0.29) is 12.2 Å². The van der Waals surface area contributed by atoms with Gasteiger partial charge in [-0.2, -0.15) is 0 Å². The van der Waals surface area contributed by atoms with Crippen molar-refractivity contribution in [3.8, 4) is 0 Å². The van der Waals surface area contributed by atoms with Crippen LogP contribution in [0, 0.1) is 6.92 Å². The average molecular weight is 357 g/mol. The number of hydrogen-bond acceptors (Lipinski definition) is 3. The zero-order valence-electron chi connectivity index (χ0n) is 14.5. The molecule has 0 aliphatic carbocycles. The smallest absolute Gasteiger partial charge is 0.263 e. The lowest BCUT2D eigenvalue weighted by molar-refractivity contribution is 0.0111. The van der Waals surface area contributed by atoms with Crippen molar-refractivity contribution >= 4 is 10.0 Å². The first-order valence-corrected chi connectivity index (χ1v) is 9.88. The number of ether oxygens (including phenoxy) is 1. The molecule has 5 heteroatoms. The predicted octanol–water partition coefficient (Wildman–Crippen LogP) is 4.05. The van der Waals surface area contributed by atoms with Crippen LogP contribution in [0.3, 0.4) is 0 Å².